The summed E-state index contributed by atoms with van der Waals surface area (Å²) in [5, 5.41) is 0.572. The zero-order valence-corrected chi connectivity index (χ0v) is 13.3. The van der Waals surface area contributed by atoms with Gasteiger partial charge in [-0.3, -0.25) is 9.69 Å². The third-order valence-corrected chi connectivity index (χ3v) is 2.90. The molecular weight excluding hydrogens is 290 g/mol. The number of benzene rings is 1. The molecule has 0 atom stereocenters. The maximum Gasteiger partial charge on any atom is 0.413 e. The van der Waals surface area contributed by atoms with Gasteiger partial charge in [0.15, 0.2) is 5.78 Å². The summed E-state index contributed by atoms with van der Waals surface area (Å²) >= 11 is 5.77. The summed E-state index contributed by atoms with van der Waals surface area (Å²) in [5.74, 6) is 0.0779. The van der Waals surface area contributed by atoms with Gasteiger partial charge in [-0.2, -0.15) is 0 Å². The molecule has 0 bridgehead atoms. The zero-order valence-electron chi connectivity index (χ0n) is 12.5. The summed E-state index contributed by atoms with van der Waals surface area (Å²) in [4.78, 5) is 25.1. The Morgan fingerprint density at radius 3 is 2.43 bits per heavy atom. The molecule has 5 heteroatoms. The molecule has 4 nitrogen and oxygen atoms in total. The molecular formula is C16H20ClNO3. The van der Waals surface area contributed by atoms with Crippen molar-refractivity contribution in [1.29, 1.82) is 0 Å². The highest BCUT2D eigenvalue weighted by Gasteiger charge is 2.11. The number of allylic oxidation sites excluding steroid dienone is 1. The SMILES string of the molecule is CCN(C=CC(=O)c1ccc(Cl)cc1)C(=O)OCC(C)C. The second-order valence-corrected chi connectivity index (χ2v) is 5.38. The molecule has 0 heterocycles. The Balaban J connectivity index is 2.65. The molecule has 0 unspecified atom stereocenters. The Labute approximate surface area is 130 Å². The molecule has 0 aliphatic rings. The van der Waals surface area contributed by atoms with E-state index in [0.717, 1.165) is 0 Å². The zero-order chi connectivity index (χ0) is 15.8. The lowest BCUT2D eigenvalue weighted by atomic mass is 10.1. The van der Waals surface area contributed by atoms with Crippen LogP contribution in [0.4, 0.5) is 4.79 Å². The van der Waals surface area contributed by atoms with Crippen LogP contribution in [0.2, 0.25) is 5.02 Å². The standard InChI is InChI=1S/C16H20ClNO3/c1-4-18(16(20)21-11-12(2)3)10-9-15(19)13-5-7-14(17)8-6-13/h5-10,12H,4,11H2,1-3H3. The molecule has 0 fully saturated rings. The number of halogens is 1. The minimum Gasteiger partial charge on any atom is -0.449 e. The minimum atomic E-state index is -0.452. The van der Waals surface area contributed by atoms with E-state index in [1.165, 1.54) is 17.2 Å². The van der Waals surface area contributed by atoms with Crippen molar-refractivity contribution in [2.24, 2.45) is 5.92 Å². The van der Waals surface area contributed by atoms with Gasteiger partial charge in [0.2, 0.25) is 0 Å². The van der Waals surface area contributed by atoms with Gasteiger partial charge >= 0.3 is 6.09 Å². The van der Waals surface area contributed by atoms with Gasteiger partial charge in [-0.25, -0.2) is 4.79 Å². The van der Waals surface area contributed by atoms with Crippen molar-refractivity contribution in [2.75, 3.05) is 13.2 Å². The van der Waals surface area contributed by atoms with Crippen LogP contribution < -0.4 is 0 Å². The summed E-state index contributed by atoms with van der Waals surface area (Å²) < 4.78 is 5.12. The van der Waals surface area contributed by atoms with E-state index in [4.69, 9.17) is 16.3 Å². The fraction of sp³-hybridized carbons (Fsp3) is 0.375. The molecule has 1 amide bonds. The van der Waals surface area contributed by atoms with Crippen LogP contribution >= 0.6 is 11.6 Å². The highest BCUT2D eigenvalue weighted by molar-refractivity contribution is 6.30. The maximum atomic E-state index is 12.0. The Bertz CT molecular complexity index is 509. The van der Waals surface area contributed by atoms with E-state index in [2.05, 4.69) is 0 Å². The number of carbonyl (C=O) groups is 2. The van der Waals surface area contributed by atoms with Crippen molar-refractivity contribution in [3.8, 4) is 0 Å². The highest BCUT2D eigenvalue weighted by Crippen LogP contribution is 2.10. The van der Waals surface area contributed by atoms with Gasteiger partial charge in [-0.15, -0.1) is 0 Å². The smallest absolute Gasteiger partial charge is 0.413 e. The summed E-state index contributed by atoms with van der Waals surface area (Å²) in [5.41, 5.74) is 0.516. The molecule has 114 valence electrons. The van der Waals surface area contributed by atoms with E-state index in [9.17, 15) is 9.59 Å². The Morgan fingerprint density at radius 1 is 1.29 bits per heavy atom. The third-order valence-electron chi connectivity index (χ3n) is 2.65. The normalized spacial score (nSPS) is 10.9. The average Bonchev–Trinajstić information content (AvgIpc) is 2.46. The number of ether oxygens (including phenoxy) is 1. The molecule has 0 spiro atoms. The molecule has 0 saturated carbocycles. The van der Waals surface area contributed by atoms with Gasteiger partial charge < -0.3 is 4.74 Å². The lowest BCUT2D eigenvalue weighted by Crippen LogP contribution is -2.27. The second-order valence-electron chi connectivity index (χ2n) is 4.94. The number of hydrogen-bond donors (Lipinski definition) is 0. The van der Waals surface area contributed by atoms with Crippen molar-refractivity contribution in [3.05, 3.63) is 47.1 Å². The first-order valence-corrected chi connectivity index (χ1v) is 7.23. The summed E-state index contributed by atoms with van der Waals surface area (Å²) in [6.07, 6.45) is 2.34. The molecule has 0 aliphatic heterocycles. The number of amides is 1. The van der Waals surface area contributed by atoms with Crippen LogP contribution in [0.3, 0.4) is 0 Å². The first kappa shape index (κ1) is 17.2. The van der Waals surface area contributed by atoms with Gasteiger partial charge in [-0.05, 0) is 37.1 Å². The average molecular weight is 310 g/mol. The molecule has 0 N–H and O–H groups in total. The van der Waals surface area contributed by atoms with Crippen molar-refractivity contribution >= 4 is 23.5 Å². The highest BCUT2D eigenvalue weighted by atomic mass is 35.5. The van der Waals surface area contributed by atoms with Crippen molar-refractivity contribution in [3.63, 3.8) is 0 Å². The van der Waals surface area contributed by atoms with Gasteiger partial charge in [0, 0.05) is 29.4 Å². The largest absolute Gasteiger partial charge is 0.449 e. The molecule has 1 aromatic rings. The van der Waals surface area contributed by atoms with E-state index in [1.54, 1.807) is 24.3 Å². The fourth-order valence-electron chi connectivity index (χ4n) is 1.48. The number of rotatable bonds is 6. The van der Waals surface area contributed by atoms with E-state index in [0.29, 0.717) is 23.7 Å². The van der Waals surface area contributed by atoms with Crippen LogP contribution in [0.15, 0.2) is 36.5 Å². The fourth-order valence-corrected chi connectivity index (χ4v) is 1.61. The molecule has 0 radical (unpaired) electrons. The van der Waals surface area contributed by atoms with Gasteiger partial charge in [0.25, 0.3) is 0 Å². The number of hydrogen-bond acceptors (Lipinski definition) is 3. The number of nitrogens with zero attached hydrogens (tertiary/aromatic N) is 1. The maximum absolute atomic E-state index is 12.0. The first-order chi connectivity index (χ1) is 9.93. The number of carbonyl (C=O) groups excluding carboxylic acids is 2. The third kappa shape index (κ3) is 6.00. The van der Waals surface area contributed by atoms with Gasteiger partial charge in [-0.1, -0.05) is 25.4 Å². The van der Waals surface area contributed by atoms with Gasteiger partial charge in [0.05, 0.1) is 6.61 Å². The second kappa shape index (κ2) is 8.47. The van der Waals surface area contributed by atoms with Crippen molar-refractivity contribution in [2.45, 2.75) is 20.8 Å². The van der Waals surface area contributed by atoms with Crippen LogP contribution in [0.1, 0.15) is 31.1 Å². The molecule has 0 saturated heterocycles. The van der Waals surface area contributed by atoms with Crippen LogP contribution in [0.25, 0.3) is 0 Å². The Kier molecular flexibility index (Phi) is 6.96. The minimum absolute atomic E-state index is 0.193. The molecule has 21 heavy (non-hydrogen) atoms. The summed E-state index contributed by atoms with van der Waals surface area (Å²) in [6.45, 7) is 6.52. The lowest BCUT2D eigenvalue weighted by Gasteiger charge is -2.16. The summed E-state index contributed by atoms with van der Waals surface area (Å²) in [6, 6.07) is 6.58. The number of ketones is 1. The van der Waals surface area contributed by atoms with Crippen LogP contribution in [0.5, 0.6) is 0 Å². The van der Waals surface area contributed by atoms with Crippen LogP contribution in [-0.4, -0.2) is 29.9 Å². The topological polar surface area (TPSA) is 46.6 Å². The predicted octanol–water partition coefficient (Wildman–Crippen LogP) is 4.15. The van der Waals surface area contributed by atoms with Gasteiger partial charge in [0.1, 0.15) is 0 Å². The van der Waals surface area contributed by atoms with E-state index < -0.39 is 6.09 Å². The monoisotopic (exact) mass is 309 g/mol. The van der Waals surface area contributed by atoms with Crippen molar-refractivity contribution < 1.29 is 14.3 Å². The lowest BCUT2D eigenvalue weighted by molar-refractivity contribution is 0.103. The molecule has 0 aromatic heterocycles. The van der Waals surface area contributed by atoms with Crippen LogP contribution in [-0.2, 0) is 4.74 Å². The first-order valence-electron chi connectivity index (χ1n) is 6.85. The van der Waals surface area contributed by atoms with Crippen molar-refractivity contribution in [1.82, 2.24) is 4.90 Å². The molecule has 1 rings (SSSR count). The van der Waals surface area contributed by atoms with Crippen LogP contribution in [0, 0.1) is 5.92 Å². The Morgan fingerprint density at radius 2 is 1.90 bits per heavy atom. The van der Waals surface area contributed by atoms with E-state index >= 15 is 0 Å². The molecule has 1 aromatic carbocycles. The van der Waals surface area contributed by atoms with E-state index in [1.807, 2.05) is 20.8 Å². The Hall–Kier alpha value is -1.81. The summed E-state index contributed by atoms with van der Waals surface area (Å²) in [7, 11) is 0. The quantitative estimate of drug-likeness (QED) is 0.586. The van der Waals surface area contributed by atoms with E-state index in [-0.39, 0.29) is 11.7 Å². The molecule has 0 aliphatic carbocycles. The predicted molar refractivity (Wildman–Crippen MR) is 83.5 cm³/mol.